The summed E-state index contributed by atoms with van der Waals surface area (Å²) in [6.07, 6.45) is 0. The van der Waals surface area contributed by atoms with E-state index in [1.165, 1.54) is 11.3 Å². The highest BCUT2D eigenvalue weighted by molar-refractivity contribution is 7.13. The molecule has 1 aliphatic rings. The molecule has 1 fully saturated rings. The summed E-state index contributed by atoms with van der Waals surface area (Å²) in [5.41, 5.74) is 4.48. The third-order valence-corrected chi connectivity index (χ3v) is 5.68. The second-order valence-corrected chi connectivity index (χ2v) is 9.20. The SMILES string of the molecule is CC(C)(C)C(=C(F)B1OC(C)(C)C(C)(C)O1)c1ccc(CN)s1. The van der Waals surface area contributed by atoms with E-state index in [0.717, 1.165) is 9.75 Å². The number of nitrogens with two attached hydrogens (primary N) is 1. The van der Waals surface area contributed by atoms with E-state index in [4.69, 9.17) is 15.0 Å². The predicted octanol–water partition coefficient (Wildman–Crippen LogP) is 4.56. The molecule has 0 aromatic carbocycles. The summed E-state index contributed by atoms with van der Waals surface area (Å²) in [4.78, 5) is 1.91. The maximum atomic E-state index is 15.4. The number of hydrogen-bond donors (Lipinski definition) is 1. The Kier molecular flexibility index (Phi) is 4.86. The molecular formula is C17H27BFNO2S. The van der Waals surface area contributed by atoms with Crippen molar-refractivity contribution in [1.29, 1.82) is 0 Å². The predicted molar refractivity (Wildman–Crippen MR) is 95.8 cm³/mol. The summed E-state index contributed by atoms with van der Waals surface area (Å²) in [6, 6.07) is 3.88. The van der Waals surface area contributed by atoms with Crippen LogP contribution in [0.2, 0.25) is 0 Å². The Balaban J connectivity index is 2.48. The van der Waals surface area contributed by atoms with Gasteiger partial charge >= 0.3 is 7.12 Å². The molecule has 3 nitrogen and oxygen atoms in total. The van der Waals surface area contributed by atoms with Crippen LogP contribution in [0.3, 0.4) is 0 Å². The minimum atomic E-state index is -0.974. The fourth-order valence-corrected chi connectivity index (χ4v) is 3.68. The number of thiophene rings is 1. The molecule has 0 atom stereocenters. The van der Waals surface area contributed by atoms with Crippen LogP contribution in [0.15, 0.2) is 17.9 Å². The van der Waals surface area contributed by atoms with E-state index < -0.39 is 18.3 Å². The molecule has 0 bridgehead atoms. The molecule has 1 aliphatic heterocycles. The lowest BCUT2D eigenvalue weighted by Crippen LogP contribution is -2.41. The van der Waals surface area contributed by atoms with Crippen LogP contribution in [-0.2, 0) is 15.9 Å². The standard InChI is InChI=1S/C17H27BFNO2S/c1-15(2,3)13(12-9-8-11(10-20)23-12)14(19)18-21-16(4,5)17(6,7)22-18/h8-9H,10,20H2,1-7H3. The van der Waals surface area contributed by atoms with Gasteiger partial charge in [0.15, 0.2) is 0 Å². The van der Waals surface area contributed by atoms with Crippen molar-refractivity contribution in [1.82, 2.24) is 0 Å². The van der Waals surface area contributed by atoms with E-state index >= 15 is 4.39 Å². The second-order valence-electron chi connectivity index (χ2n) is 8.03. The van der Waals surface area contributed by atoms with Gasteiger partial charge in [-0.05, 0) is 45.2 Å². The number of rotatable bonds is 3. The van der Waals surface area contributed by atoms with Crippen LogP contribution in [0.1, 0.15) is 58.2 Å². The Morgan fingerprint density at radius 2 is 1.70 bits per heavy atom. The van der Waals surface area contributed by atoms with Gasteiger partial charge in [0.1, 0.15) is 5.73 Å². The highest BCUT2D eigenvalue weighted by Gasteiger charge is 2.54. The van der Waals surface area contributed by atoms with Crippen molar-refractivity contribution < 1.29 is 13.7 Å². The normalized spacial score (nSPS) is 21.5. The number of halogens is 1. The van der Waals surface area contributed by atoms with Gasteiger partial charge in [-0.15, -0.1) is 11.3 Å². The van der Waals surface area contributed by atoms with Crippen molar-refractivity contribution in [2.24, 2.45) is 11.1 Å². The first-order valence-electron chi connectivity index (χ1n) is 7.94. The maximum Gasteiger partial charge on any atom is 0.525 e. The van der Waals surface area contributed by atoms with E-state index in [9.17, 15) is 0 Å². The van der Waals surface area contributed by atoms with E-state index in [2.05, 4.69) is 0 Å². The highest BCUT2D eigenvalue weighted by atomic mass is 32.1. The first-order chi connectivity index (χ1) is 10.4. The summed E-state index contributed by atoms with van der Waals surface area (Å²) in [6.45, 7) is 14.1. The largest absolute Gasteiger partial charge is 0.525 e. The van der Waals surface area contributed by atoms with Crippen molar-refractivity contribution in [2.75, 3.05) is 0 Å². The topological polar surface area (TPSA) is 44.5 Å². The van der Waals surface area contributed by atoms with Crippen molar-refractivity contribution >= 4 is 24.0 Å². The third-order valence-electron chi connectivity index (χ3n) is 4.56. The lowest BCUT2D eigenvalue weighted by Gasteiger charge is -2.32. The van der Waals surface area contributed by atoms with Crippen LogP contribution in [0, 0.1) is 5.41 Å². The summed E-state index contributed by atoms with van der Waals surface area (Å²) >= 11 is 1.52. The average molecular weight is 339 g/mol. The summed E-state index contributed by atoms with van der Waals surface area (Å²) in [5.74, 6) is 0. The van der Waals surface area contributed by atoms with Crippen LogP contribution in [0.4, 0.5) is 4.39 Å². The lowest BCUT2D eigenvalue weighted by molar-refractivity contribution is 0.00578. The molecule has 1 aromatic rings. The molecule has 2 N–H and O–H groups in total. The number of hydrogen-bond acceptors (Lipinski definition) is 4. The van der Waals surface area contributed by atoms with Crippen molar-refractivity contribution in [2.45, 2.75) is 66.2 Å². The average Bonchev–Trinajstić information content (AvgIpc) is 2.91. The third kappa shape index (κ3) is 3.55. The Hall–Kier alpha value is -0.685. The van der Waals surface area contributed by atoms with Crippen molar-refractivity contribution in [3.8, 4) is 0 Å². The van der Waals surface area contributed by atoms with Gasteiger partial charge in [-0.2, -0.15) is 0 Å². The molecule has 2 heterocycles. The molecular weight excluding hydrogens is 312 g/mol. The minimum absolute atomic E-state index is 0.346. The molecule has 0 amide bonds. The first-order valence-corrected chi connectivity index (χ1v) is 8.75. The fourth-order valence-electron chi connectivity index (χ4n) is 2.53. The van der Waals surface area contributed by atoms with Gasteiger partial charge in [-0.1, -0.05) is 20.8 Å². The van der Waals surface area contributed by atoms with Gasteiger partial charge < -0.3 is 15.0 Å². The Labute approximate surface area is 143 Å². The summed E-state index contributed by atoms with van der Waals surface area (Å²) in [5, 5.41) is 0. The monoisotopic (exact) mass is 339 g/mol. The molecule has 0 saturated carbocycles. The van der Waals surface area contributed by atoms with Gasteiger partial charge in [0, 0.05) is 21.9 Å². The van der Waals surface area contributed by atoms with Crippen LogP contribution < -0.4 is 5.73 Å². The van der Waals surface area contributed by atoms with E-state index in [-0.39, 0.29) is 11.1 Å². The molecule has 6 heteroatoms. The molecule has 2 rings (SSSR count). The molecule has 1 saturated heterocycles. The second kappa shape index (κ2) is 5.99. The molecule has 23 heavy (non-hydrogen) atoms. The Bertz CT molecular complexity index is 600. The minimum Gasteiger partial charge on any atom is -0.398 e. The Morgan fingerprint density at radius 1 is 1.17 bits per heavy atom. The van der Waals surface area contributed by atoms with Crippen LogP contribution in [-0.4, -0.2) is 18.3 Å². The lowest BCUT2D eigenvalue weighted by atomic mass is 9.75. The van der Waals surface area contributed by atoms with E-state index in [1.807, 2.05) is 60.6 Å². The van der Waals surface area contributed by atoms with Crippen molar-refractivity contribution in [3.63, 3.8) is 0 Å². The van der Waals surface area contributed by atoms with Gasteiger partial charge in [-0.25, -0.2) is 4.39 Å². The maximum absolute atomic E-state index is 15.4. The van der Waals surface area contributed by atoms with Crippen LogP contribution in [0.5, 0.6) is 0 Å². The van der Waals surface area contributed by atoms with Crippen LogP contribution >= 0.6 is 11.3 Å². The zero-order valence-electron chi connectivity index (χ0n) is 15.1. The zero-order valence-corrected chi connectivity index (χ0v) is 15.9. The quantitative estimate of drug-likeness (QED) is 0.821. The van der Waals surface area contributed by atoms with Gasteiger partial charge in [0.25, 0.3) is 0 Å². The van der Waals surface area contributed by atoms with Gasteiger partial charge in [0.05, 0.1) is 11.2 Å². The summed E-state index contributed by atoms with van der Waals surface area (Å²) < 4.78 is 27.1. The molecule has 128 valence electrons. The highest BCUT2D eigenvalue weighted by Crippen LogP contribution is 2.45. The molecule has 0 radical (unpaired) electrons. The van der Waals surface area contributed by atoms with Gasteiger partial charge in [-0.3, -0.25) is 0 Å². The first kappa shape index (κ1) is 18.7. The summed E-state index contributed by atoms with van der Waals surface area (Å²) in [7, 11) is -0.974. The zero-order chi connectivity index (χ0) is 17.6. The molecule has 0 unspecified atom stereocenters. The fraction of sp³-hybridized carbons (Fsp3) is 0.647. The van der Waals surface area contributed by atoms with Crippen molar-refractivity contribution in [3.05, 3.63) is 27.6 Å². The molecule has 0 spiro atoms. The molecule has 1 aromatic heterocycles. The smallest absolute Gasteiger partial charge is 0.398 e. The van der Waals surface area contributed by atoms with E-state index in [1.54, 1.807) is 0 Å². The number of allylic oxidation sites excluding steroid dienone is 1. The van der Waals surface area contributed by atoms with Crippen LogP contribution in [0.25, 0.3) is 5.57 Å². The Morgan fingerprint density at radius 3 is 2.09 bits per heavy atom. The van der Waals surface area contributed by atoms with Gasteiger partial charge in [0.2, 0.25) is 0 Å². The molecule has 0 aliphatic carbocycles. The van der Waals surface area contributed by atoms with E-state index in [0.29, 0.717) is 12.1 Å².